The van der Waals surface area contributed by atoms with Gasteiger partial charge >= 0.3 is 0 Å². The van der Waals surface area contributed by atoms with Gasteiger partial charge in [0.15, 0.2) is 0 Å². The zero-order valence-electron chi connectivity index (χ0n) is 19.0. The first kappa shape index (κ1) is 23.4. The zero-order chi connectivity index (χ0) is 23.0. The molecule has 1 saturated carbocycles. The molecule has 4 rings (SSSR count). The molecule has 2 amide bonds. The van der Waals surface area contributed by atoms with E-state index in [4.69, 9.17) is 0 Å². The van der Waals surface area contributed by atoms with E-state index < -0.39 is 0 Å². The molecule has 1 aliphatic heterocycles. The first-order valence-electron chi connectivity index (χ1n) is 11.9. The highest BCUT2D eigenvalue weighted by molar-refractivity contribution is 8.00. The molecular weight excluding hydrogens is 432 g/mol. The fraction of sp³-hybridized carbons (Fsp3) is 0.407. The lowest BCUT2D eigenvalue weighted by atomic mass is 9.89. The molecule has 1 aliphatic carbocycles. The van der Waals surface area contributed by atoms with Gasteiger partial charge in [-0.15, -0.1) is 11.8 Å². The van der Waals surface area contributed by atoms with Crippen molar-refractivity contribution in [1.29, 1.82) is 0 Å². The van der Waals surface area contributed by atoms with Crippen LogP contribution in [0.25, 0.3) is 5.57 Å². The Morgan fingerprint density at radius 3 is 2.52 bits per heavy atom. The van der Waals surface area contributed by atoms with Crippen LogP contribution in [0.2, 0.25) is 0 Å². The van der Waals surface area contributed by atoms with Crippen molar-refractivity contribution in [3.63, 3.8) is 0 Å². The lowest BCUT2D eigenvalue weighted by Gasteiger charge is -2.27. The number of benzene rings is 2. The van der Waals surface area contributed by atoms with Gasteiger partial charge in [-0.25, -0.2) is 0 Å². The molecule has 174 valence electrons. The minimum atomic E-state index is 0.00159. The number of amides is 2. The van der Waals surface area contributed by atoms with E-state index in [1.807, 2.05) is 41.3 Å². The monoisotopic (exact) mass is 464 g/mol. The number of hydrogen-bond donors (Lipinski definition) is 2. The van der Waals surface area contributed by atoms with Crippen LogP contribution in [0.1, 0.15) is 54.4 Å². The van der Waals surface area contributed by atoms with Crippen LogP contribution in [0.5, 0.6) is 5.75 Å². The third-order valence-electron chi connectivity index (χ3n) is 6.52. The second-order valence-corrected chi connectivity index (χ2v) is 9.89. The topological polar surface area (TPSA) is 69.6 Å². The van der Waals surface area contributed by atoms with Gasteiger partial charge in [-0.2, -0.15) is 0 Å². The second-order valence-electron chi connectivity index (χ2n) is 8.87. The molecule has 0 unspecified atom stereocenters. The van der Waals surface area contributed by atoms with E-state index in [2.05, 4.69) is 11.4 Å². The quantitative estimate of drug-likeness (QED) is 0.559. The molecule has 1 fully saturated rings. The highest BCUT2D eigenvalue weighted by atomic mass is 32.2. The minimum Gasteiger partial charge on any atom is -0.508 e. The first-order chi connectivity index (χ1) is 16.1. The van der Waals surface area contributed by atoms with Gasteiger partial charge < -0.3 is 15.3 Å². The lowest BCUT2D eigenvalue weighted by molar-refractivity contribution is -0.118. The van der Waals surface area contributed by atoms with Crippen molar-refractivity contribution in [2.75, 3.05) is 25.4 Å². The molecule has 2 aliphatic rings. The molecule has 33 heavy (non-hydrogen) atoms. The molecule has 6 heteroatoms. The van der Waals surface area contributed by atoms with Gasteiger partial charge in [0.25, 0.3) is 5.91 Å². The van der Waals surface area contributed by atoms with Crippen molar-refractivity contribution in [1.82, 2.24) is 10.2 Å². The molecule has 5 nitrogen and oxygen atoms in total. The van der Waals surface area contributed by atoms with Crippen LogP contribution in [0.3, 0.4) is 0 Å². The third kappa shape index (κ3) is 6.41. The van der Waals surface area contributed by atoms with Crippen LogP contribution in [0.4, 0.5) is 0 Å². The van der Waals surface area contributed by atoms with E-state index in [0.29, 0.717) is 30.3 Å². The Bertz CT molecular complexity index is 997. The molecule has 0 saturated heterocycles. The third-order valence-corrected chi connectivity index (χ3v) is 7.60. The molecular formula is C27H32N2O3S. The molecule has 2 aromatic carbocycles. The predicted octanol–water partition coefficient (Wildman–Crippen LogP) is 5.11. The highest BCUT2D eigenvalue weighted by Gasteiger charge is 2.22. The average molecular weight is 465 g/mol. The van der Waals surface area contributed by atoms with Crippen molar-refractivity contribution in [2.45, 2.75) is 43.4 Å². The molecule has 1 heterocycles. The van der Waals surface area contributed by atoms with Gasteiger partial charge in [0.05, 0.1) is 11.3 Å². The maximum atomic E-state index is 13.2. The van der Waals surface area contributed by atoms with Crippen LogP contribution in [-0.2, 0) is 4.79 Å². The van der Waals surface area contributed by atoms with Crippen LogP contribution in [0, 0.1) is 5.92 Å². The summed E-state index contributed by atoms with van der Waals surface area (Å²) in [4.78, 5) is 28.3. The summed E-state index contributed by atoms with van der Waals surface area (Å²) in [7, 11) is 0. The zero-order valence-corrected chi connectivity index (χ0v) is 19.8. The van der Waals surface area contributed by atoms with E-state index in [0.717, 1.165) is 23.4 Å². The van der Waals surface area contributed by atoms with Crippen molar-refractivity contribution in [3.8, 4) is 5.75 Å². The largest absolute Gasteiger partial charge is 0.508 e. The van der Waals surface area contributed by atoms with E-state index >= 15 is 0 Å². The van der Waals surface area contributed by atoms with Crippen LogP contribution >= 0.6 is 11.8 Å². The summed E-state index contributed by atoms with van der Waals surface area (Å²) in [6.07, 6.45) is 9.14. The summed E-state index contributed by atoms with van der Waals surface area (Å²) in [5, 5.41) is 12.6. The lowest BCUT2D eigenvalue weighted by Crippen LogP contribution is -2.35. The summed E-state index contributed by atoms with van der Waals surface area (Å²) in [6.45, 7) is 1.96. The highest BCUT2D eigenvalue weighted by Crippen LogP contribution is 2.28. The van der Waals surface area contributed by atoms with Gasteiger partial charge in [-0.3, -0.25) is 9.59 Å². The van der Waals surface area contributed by atoms with Crippen molar-refractivity contribution in [2.24, 2.45) is 5.92 Å². The Balaban J connectivity index is 1.32. The van der Waals surface area contributed by atoms with Crippen molar-refractivity contribution < 1.29 is 14.7 Å². The Labute approximate surface area is 200 Å². The molecule has 0 aromatic heterocycles. The number of phenolic OH excluding ortho intramolecular Hbond substituents is 1. The number of rotatable bonds is 7. The molecule has 0 atom stereocenters. The Hall–Kier alpha value is -2.73. The van der Waals surface area contributed by atoms with E-state index in [1.54, 1.807) is 12.1 Å². The molecule has 2 aromatic rings. The Morgan fingerprint density at radius 2 is 1.79 bits per heavy atom. The summed E-state index contributed by atoms with van der Waals surface area (Å²) in [6, 6.07) is 14.8. The number of carbonyl (C=O) groups excluding carboxylic acids is 2. The Kier molecular flexibility index (Phi) is 8.10. The fourth-order valence-corrected chi connectivity index (χ4v) is 5.45. The van der Waals surface area contributed by atoms with E-state index in [9.17, 15) is 14.7 Å². The summed E-state index contributed by atoms with van der Waals surface area (Å²) >= 11 is 1.43. The average Bonchev–Trinajstić information content (AvgIpc) is 2.87. The normalized spacial score (nSPS) is 16.8. The van der Waals surface area contributed by atoms with Gasteiger partial charge in [0.2, 0.25) is 5.91 Å². The van der Waals surface area contributed by atoms with E-state index in [-0.39, 0.29) is 17.6 Å². The smallest absolute Gasteiger partial charge is 0.255 e. The summed E-state index contributed by atoms with van der Waals surface area (Å²) in [5.74, 6) is 1.22. The fourth-order valence-electron chi connectivity index (χ4n) is 4.57. The van der Waals surface area contributed by atoms with Gasteiger partial charge in [0.1, 0.15) is 5.75 Å². The summed E-state index contributed by atoms with van der Waals surface area (Å²) in [5.41, 5.74) is 2.93. The Morgan fingerprint density at radius 1 is 1.03 bits per heavy atom. The first-order valence-corrected chi connectivity index (χ1v) is 12.8. The predicted molar refractivity (Wildman–Crippen MR) is 133 cm³/mol. The van der Waals surface area contributed by atoms with Crippen LogP contribution in [-0.4, -0.2) is 47.2 Å². The standard InChI is InChI=1S/C27H32N2O3S/c30-23-12-10-21(11-13-23)22-14-16-29(17-15-22)27(32)24-8-4-5-9-25(24)33-19-26(31)28-18-20-6-2-1-3-7-20/h4-5,8-14,20,30H,1-3,6-7,15-19H2,(H,28,31). The number of phenols is 1. The van der Waals surface area contributed by atoms with Crippen molar-refractivity contribution in [3.05, 3.63) is 65.7 Å². The van der Waals surface area contributed by atoms with Gasteiger partial charge in [0, 0.05) is 24.5 Å². The number of nitrogens with one attached hydrogen (secondary N) is 1. The SMILES string of the molecule is O=C(CSc1ccccc1C(=O)N1CC=C(c2ccc(O)cc2)CC1)NCC1CCCCC1. The second kappa shape index (κ2) is 11.4. The van der Waals surface area contributed by atoms with Crippen LogP contribution in [0.15, 0.2) is 59.5 Å². The van der Waals surface area contributed by atoms with Crippen molar-refractivity contribution >= 4 is 29.1 Å². The maximum Gasteiger partial charge on any atom is 0.255 e. The van der Waals surface area contributed by atoms with Gasteiger partial charge in [-0.1, -0.05) is 49.6 Å². The van der Waals surface area contributed by atoms with E-state index in [1.165, 1.54) is 49.4 Å². The molecule has 2 N–H and O–H groups in total. The maximum absolute atomic E-state index is 13.2. The molecule has 0 bridgehead atoms. The van der Waals surface area contributed by atoms with Gasteiger partial charge in [-0.05, 0) is 60.6 Å². The minimum absolute atomic E-state index is 0.00159. The molecule has 0 radical (unpaired) electrons. The summed E-state index contributed by atoms with van der Waals surface area (Å²) < 4.78 is 0. The number of carbonyl (C=O) groups is 2. The number of nitrogens with zero attached hydrogens (tertiary/aromatic N) is 1. The molecule has 0 spiro atoms. The number of hydrogen-bond acceptors (Lipinski definition) is 4. The van der Waals surface area contributed by atoms with Crippen LogP contribution < -0.4 is 5.32 Å². The number of thioether (sulfide) groups is 1. The number of aromatic hydroxyl groups is 1.